The normalized spacial score (nSPS) is 20.4. The van der Waals surface area contributed by atoms with Crippen LogP contribution in [0, 0.1) is 6.20 Å². The molecule has 2 aromatic rings. The van der Waals surface area contributed by atoms with Crippen LogP contribution in [0.15, 0.2) is 69.9 Å². The van der Waals surface area contributed by atoms with Crippen molar-refractivity contribution in [1.29, 1.82) is 0 Å². The fourth-order valence-electron chi connectivity index (χ4n) is 4.82. The van der Waals surface area contributed by atoms with E-state index in [1.165, 1.54) is 0 Å². The molecule has 0 spiro atoms. The summed E-state index contributed by atoms with van der Waals surface area (Å²) in [7, 11) is 3.37. The Labute approximate surface area is 231 Å². The molecule has 2 heterocycles. The third-order valence-electron chi connectivity index (χ3n) is 6.79. The lowest BCUT2D eigenvalue weighted by atomic mass is 9.87. The first kappa shape index (κ1) is 27.7. The number of fused-ring (bicyclic) bond motifs is 1. The van der Waals surface area contributed by atoms with Crippen molar-refractivity contribution in [3.05, 3.63) is 71.2 Å². The molecule has 0 fully saturated rings. The predicted molar refractivity (Wildman–Crippen MR) is 155 cm³/mol. The lowest BCUT2D eigenvalue weighted by molar-refractivity contribution is -0.312. The van der Waals surface area contributed by atoms with Crippen LogP contribution in [-0.4, -0.2) is 49.4 Å². The summed E-state index contributed by atoms with van der Waals surface area (Å²) in [4.78, 5) is 16.8. The fourth-order valence-corrected chi connectivity index (χ4v) is 4.94. The van der Waals surface area contributed by atoms with Gasteiger partial charge in [0.25, 0.3) is 0 Å². The lowest BCUT2D eigenvalue weighted by Gasteiger charge is -2.45. The van der Waals surface area contributed by atoms with Gasteiger partial charge in [-0.2, -0.15) is 0 Å². The molecule has 1 aromatic carbocycles. The number of halogens is 1. The van der Waals surface area contributed by atoms with E-state index in [1.807, 2.05) is 18.2 Å². The molecule has 200 valence electrons. The summed E-state index contributed by atoms with van der Waals surface area (Å²) in [5.74, 6) is 0.466. The van der Waals surface area contributed by atoms with Gasteiger partial charge >= 0.3 is 12.1 Å². The molecule has 7 nitrogen and oxygen atoms in total. The Morgan fingerprint density at radius 1 is 1.18 bits per heavy atom. The standard InChI is InChI=1S/C30H37ClN5O2/c1-8-22-28(18-30(4,5)38-7)36(21-13-11-20(31)12-14-21)27-17-25(33-19(2)3)24(16-26(27)34-22)35-23-10-9-15-32-29(23)37-6/h9-14,16-17,19,22,28,35H,8,18H2,1-7H3/q+1. The second kappa shape index (κ2) is 11.6. The summed E-state index contributed by atoms with van der Waals surface area (Å²) in [5, 5.41) is 4.19. The number of ether oxygens (including phenoxy) is 2. The molecule has 8 heteroatoms. The number of methoxy groups -OCH3 is 2. The molecule has 0 saturated heterocycles. The summed E-state index contributed by atoms with van der Waals surface area (Å²) in [6, 6.07) is 11.9. The van der Waals surface area contributed by atoms with Gasteiger partial charge in [0, 0.05) is 28.8 Å². The largest absolute Gasteiger partial charge is 0.524 e. The van der Waals surface area contributed by atoms with Crippen LogP contribution >= 0.6 is 11.6 Å². The van der Waals surface area contributed by atoms with Crippen LogP contribution < -0.4 is 19.9 Å². The minimum absolute atomic E-state index is 0.0656. The molecule has 4 rings (SSSR count). The van der Waals surface area contributed by atoms with Crippen LogP contribution in [0.2, 0.25) is 5.02 Å². The topological polar surface area (TPSA) is 72.5 Å². The lowest BCUT2D eigenvalue weighted by Crippen LogP contribution is -2.52. The number of allylic oxidation sites excluding steroid dienone is 2. The molecule has 2 unspecified atom stereocenters. The van der Waals surface area contributed by atoms with Crippen molar-refractivity contribution in [1.82, 2.24) is 0 Å². The maximum atomic E-state index is 6.28. The van der Waals surface area contributed by atoms with Crippen LogP contribution in [-0.2, 0) is 4.74 Å². The molecule has 0 bridgehead atoms. The van der Waals surface area contributed by atoms with Gasteiger partial charge in [-0.3, -0.25) is 9.98 Å². The Hall–Kier alpha value is -3.34. The molecular weight excluding hydrogens is 498 g/mol. The Balaban J connectivity index is 1.87. The smallest absolute Gasteiger partial charge is 0.433 e. The highest BCUT2D eigenvalue weighted by Gasteiger charge is 2.40. The summed E-state index contributed by atoms with van der Waals surface area (Å²) in [5.41, 5.74) is 5.06. The Bertz CT molecular complexity index is 1260. The van der Waals surface area contributed by atoms with Crippen molar-refractivity contribution in [3.8, 4) is 5.88 Å². The first-order valence-electron chi connectivity index (χ1n) is 13.0. The zero-order valence-electron chi connectivity index (χ0n) is 23.2. The molecule has 2 atom stereocenters. The molecule has 2 aliphatic rings. The highest BCUT2D eigenvalue weighted by Crippen LogP contribution is 2.37. The van der Waals surface area contributed by atoms with E-state index in [0.29, 0.717) is 10.9 Å². The van der Waals surface area contributed by atoms with Gasteiger partial charge in [0.15, 0.2) is 5.69 Å². The maximum Gasteiger partial charge on any atom is 0.524 e. The van der Waals surface area contributed by atoms with Crippen LogP contribution in [0.4, 0.5) is 11.4 Å². The second-order valence-electron chi connectivity index (χ2n) is 10.4. The van der Waals surface area contributed by atoms with E-state index < -0.39 is 0 Å². The number of rotatable bonds is 9. The minimum Gasteiger partial charge on any atom is -0.433 e. The number of nitrogens with one attached hydrogen (secondary N) is 1. The van der Waals surface area contributed by atoms with E-state index in [2.05, 4.69) is 80.3 Å². The first-order chi connectivity index (χ1) is 18.2. The third-order valence-corrected chi connectivity index (χ3v) is 7.04. The second-order valence-corrected chi connectivity index (χ2v) is 10.8. The number of aromatic nitrogens is 1. The third kappa shape index (κ3) is 6.03. The van der Waals surface area contributed by atoms with Crippen LogP contribution in [0.5, 0.6) is 5.88 Å². The molecule has 38 heavy (non-hydrogen) atoms. The SMILES string of the molecule is CCC1N=C2C=C(Nc3ccc#[n+]c3OC)C(=NC(C)C)C=C2N(c2ccc(Cl)cc2)C1CC(C)(C)OC. The van der Waals surface area contributed by atoms with Crippen LogP contribution in [0.1, 0.15) is 47.5 Å². The molecule has 0 amide bonds. The zero-order chi connectivity index (χ0) is 27.4. The van der Waals surface area contributed by atoms with Crippen LogP contribution in [0.25, 0.3) is 0 Å². The number of benzene rings is 1. The van der Waals surface area contributed by atoms with Gasteiger partial charge in [-0.1, -0.05) is 18.5 Å². The molecule has 1 aliphatic heterocycles. The highest BCUT2D eigenvalue weighted by molar-refractivity contribution is 6.30. The van der Waals surface area contributed by atoms with Crippen molar-refractivity contribution in [3.63, 3.8) is 0 Å². The Morgan fingerprint density at radius 2 is 1.92 bits per heavy atom. The fraction of sp³-hybridized carbons (Fsp3) is 0.433. The quantitative estimate of drug-likeness (QED) is 0.417. The van der Waals surface area contributed by atoms with Crippen molar-refractivity contribution in [2.24, 2.45) is 9.98 Å². The van der Waals surface area contributed by atoms with Crippen molar-refractivity contribution in [2.45, 2.75) is 71.2 Å². The van der Waals surface area contributed by atoms with Gasteiger partial charge in [-0.25, -0.2) is 0 Å². The monoisotopic (exact) mass is 534 g/mol. The molecule has 1 aromatic heterocycles. The molecule has 1 N–H and O–H groups in total. The van der Waals surface area contributed by atoms with Crippen LogP contribution in [0.3, 0.4) is 0 Å². The van der Waals surface area contributed by atoms with E-state index in [4.69, 9.17) is 31.1 Å². The summed E-state index contributed by atoms with van der Waals surface area (Å²) in [6.07, 6.45) is 8.72. The van der Waals surface area contributed by atoms with E-state index in [1.54, 1.807) is 20.3 Å². The van der Waals surface area contributed by atoms with E-state index >= 15 is 0 Å². The number of anilines is 2. The van der Waals surface area contributed by atoms with Gasteiger partial charge in [-0.15, -0.1) is 0 Å². The van der Waals surface area contributed by atoms with E-state index in [9.17, 15) is 0 Å². The molecule has 0 saturated carbocycles. The van der Waals surface area contributed by atoms with Crippen molar-refractivity contribution >= 4 is 34.4 Å². The van der Waals surface area contributed by atoms with E-state index in [-0.39, 0.29) is 23.7 Å². The Morgan fingerprint density at radius 3 is 2.55 bits per heavy atom. The highest BCUT2D eigenvalue weighted by atomic mass is 35.5. The summed E-state index contributed by atoms with van der Waals surface area (Å²) < 4.78 is 11.3. The Kier molecular flexibility index (Phi) is 8.44. The molecule has 1 aliphatic carbocycles. The van der Waals surface area contributed by atoms with Gasteiger partial charge in [-0.05, 0) is 83.0 Å². The minimum atomic E-state index is -0.323. The molecule has 0 radical (unpaired) electrons. The van der Waals surface area contributed by atoms with Gasteiger partial charge in [0.1, 0.15) is 0 Å². The number of aliphatic imine (C=N–C) groups is 2. The van der Waals surface area contributed by atoms with E-state index in [0.717, 1.165) is 47.0 Å². The number of hydrogen-bond acceptors (Lipinski definition) is 6. The van der Waals surface area contributed by atoms with Crippen molar-refractivity contribution in [2.75, 3.05) is 24.4 Å². The van der Waals surface area contributed by atoms with Gasteiger partial charge in [0.2, 0.25) is 0 Å². The predicted octanol–water partition coefficient (Wildman–Crippen LogP) is 5.71. The molecular formula is C30H37ClN5O2+. The van der Waals surface area contributed by atoms with Gasteiger partial charge < -0.3 is 19.7 Å². The average Bonchev–Trinajstić information content (AvgIpc) is 2.89. The summed E-state index contributed by atoms with van der Waals surface area (Å²) >= 11 is 6.28. The average molecular weight is 535 g/mol. The number of nitrogens with zero attached hydrogens (tertiary/aromatic N) is 4. The van der Waals surface area contributed by atoms with Gasteiger partial charge in [0.05, 0.1) is 53.7 Å². The number of hydrogen-bond donors (Lipinski definition) is 1. The summed E-state index contributed by atoms with van der Waals surface area (Å²) in [6.45, 7) is 10.6. The first-order valence-corrected chi connectivity index (χ1v) is 13.4. The maximum absolute atomic E-state index is 6.28. The van der Waals surface area contributed by atoms with Crippen molar-refractivity contribution < 1.29 is 14.5 Å². The zero-order valence-corrected chi connectivity index (χ0v) is 24.0.